The average molecular weight is 257 g/mol. The van der Waals surface area contributed by atoms with Crippen LogP contribution in [0.2, 0.25) is 0 Å². The zero-order valence-corrected chi connectivity index (χ0v) is 9.24. The van der Waals surface area contributed by atoms with Crippen molar-refractivity contribution in [3.8, 4) is 6.07 Å². The van der Waals surface area contributed by atoms with Gasteiger partial charge in [-0.2, -0.15) is 5.26 Å². The number of amides is 1. The van der Waals surface area contributed by atoms with Crippen molar-refractivity contribution in [2.75, 3.05) is 13.6 Å². The normalized spacial score (nSPS) is 9.50. The van der Waals surface area contributed by atoms with Crippen LogP contribution in [0.15, 0.2) is 21.2 Å². The number of carbonyl (C=O) groups is 1. The molecule has 0 spiro atoms. The van der Waals surface area contributed by atoms with Gasteiger partial charge in [0.1, 0.15) is 0 Å². The predicted molar refractivity (Wildman–Crippen MR) is 53.6 cm³/mol. The van der Waals surface area contributed by atoms with Gasteiger partial charge in [0.25, 0.3) is 5.91 Å². The van der Waals surface area contributed by atoms with Crippen LogP contribution in [0.3, 0.4) is 0 Å². The van der Waals surface area contributed by atoms with Crippen molar-refractivity contribution in [2.24, 2.45) is 0 Å². The van der Waals surface area contributed by atoms with Gasteiger partial charge in [0.2, 0.25) is 0 Å². The molecule has 74 valence electrons. The number of nitrogens with zero attached hydrogens (tertiary/aromatic N) is 2. The molecule has 0 aliphatic rings. The molecule has 0 radical (unpaired) electrons. The number of rotatable bonds is 3. The Bertz CT molecular complexity index is 367. The summed E-state index contributed by atoms with van der Waals surface area (Å²) in [6.45, 7) is 0.410. The van der Waals surface area contributed by atoms with Crippen LogP contribution < -0.4 is 0 Å². The van der Waals surface area contributed by atoms with E-state index >= 15 is 0 Å². The van der Waals surface area contributed by atoms with Gasteiger partial charge in [0.15, 0.2) is 10.4 Å². The molecule has 1 amide bonds. The van der Waals surface area contributed by atoms with Gasteiger partial charge < -0.3 is 9.32 Å². The molecule has 0 saturated carbocycles. The zero-order valence-electron chi connectivity index (χ0n) is 7.66. The molecule has 0 aliphatic carbocycles. The second-order valence-corrected chi connectivity index (χ2v) is 3.52. The van der Waals surface area contributed by atoms with Crippen molar-refractivity contribution in [2.45, 2.75) is 6.42 Å². The Labute approximate surface area is 90.2 Å². The lowest BCUT2D eigenvalue weighted by Gasteiger charge is -2.12. The number of nitriles is 1. The highest BCUT2D eigenvalue weighted by molar-refractivity contribution is 9.10. The fourth-order valence-corrected chi connectivity index (χ4v) is 1.24. The number of carbonyl (C=O) groups excluding carboxylic acids is 1. The first kappa shape index (κ1) is 10.8. The molecule has 5 heteroatoms. The minimum absolute atomic E-state index is 0.217. The Morgan fingerprint density at radius 2 is 2.43 bits per heavy atom. The summed E-state index contributed by atoms with van der Waals surface area (Å²) in [7, 11) is 1.64. The molecule has 1 heterocycles. The Morgan fingerprint density at radius 1 is 1.71 bits per heavy atom. The monoisotopic (exact) mass is 256 g/mol. The van der Waals surface area contributed by atoms with Crippen LogP contribution in [0.4, 0.5) is 0 Å². The third-order valence-electron chi connectivity index (χ3n) is 1.69. The molecule has 0 aliphatic heterocycles. The van der Waals surface area contributed by atoms with E-state index in [1.165, 1.54) is 4.90 Å². The van der Waals surface area contributed by atoms with Crippen LogP contribution >= 0.6 is 15.9 Å². The third-order valence-corrected chi connectivity index (χ3v) is 2.12. The molecule has 14 heavy (non-hydrogen) atoms. The van der Waals surface area contributed by atoms with Crippen molar-refractivity contribution in [1.82, 2.24) is 4.90 Å². The summed E-state index contributed by atoms with van der Waals surface area (Å²) in [5.41, 5.74) is 0. The highest BCUT2D eigenvalue weighted by Crippen LogP contribution is 2.15. The number of hydrogen-bond acceptors (Lipinski definition) is 3. The average Bonchev–Trinajstić information content (AvgIpc) is 2.60. The maximum Gasteiger partial charge on any atom is 0.289 e. The Kier molecular flexibility index (Phi) is 3.72. The third kappa shape index (κ3) is 2.60. The molecule has 0 fully saturated rings. The van der Waals surface area contributed by atoms with Gasteiger partial charge in [0.05, 0.1) is 12.5 Å². The Morgan fingerprint density at radius 3 is 2.93 bits per heavy atom. The quantitative estimate of drug-likeness (QED) is 0.832. The van der Waals surface area contributed by atoms with E-state index in [-0.39, 0.29) is 11.7 Å². The molecule has 0 bridgehead atoms. The maximum atomic E-state index is 11.6. The molecule has 4 nitrogen and oxygen atoms in total. The van der Waals surface area contributed by atoms with Gasteiger partial charge in [-0.1, -0.05) is 0 Å². The van der Waals surface area contributed by atoms with Crippen LogP contribution in [-0.4, -0.2) is 24.4 Å². The van der Waals surface area contributed by atoms with Crippen molar-refractivity contribution in [3.63, 3.8) is 0 Å². The molecule has 1 rings (SSSR count). The molecule has 0 saturated heterocycles. The minimum atomic E-state index is -0.217. The Hall–Kier alpha value is -1.28. The molecular formula is C9H9BrN2O2. The second-order valence-electron chi connectivity index (χ2n) is 2.74. The molecule has 0 unspecified atom stereocenters. The van der Waals surface area contributed by atoms with E-state index in [1.807, 2.05) is 6.07 Å². The van der Waals surface area contributed by atoms with Gasteiger partial charge in [-0.15, -0.1) is 0 Å². The van der Waals surface area contributed by atoms with E-state index in [9.17, 15) is 4.79 Å². The maximum absolute atomic E-state index is 11.6. The summed E-state index contributed by atoms with van der Waals surface area (Å²) in [5.74, 6) is 0.0586. The minimum Gasteiger partial charge on any atom is -0.444 e. The van der Waals surface area contributed by atoms with Crippen LogP contribution in [-0.2, 0) is 0 Å². The van der Waals surface area contributed by atoms with Crippen molar-refractivity contribution >= 4 is 21.8 Å². The standard InChI is InChI=1S/C9H9BrN2O2/c1-12(6-2-5-11)9(13)7-3-4-8(10)14-7/h3-4H,2,6H2,1H3. The van der Waals surface area contributed by atoms with E-state index in [2.05, 4.69) is 15.9 Å². The number of hydrogen-bond donors (Lipinski definition) is 0. The largest absolute Gasteiger partial charge is 0.444 e. The van der Waals surface area contributed by atoms with E-state index < -0.39 is 0 Å². The first-order valence-electron chi connectivity index (χ1n) is 4.03. The van der Waals surface area contributed by atoms with E-state index in [0.717, 1.165) is 0 Å². The summed E-state index contributed by atoms with van der Waals surface area (Å²) in [4.78, 5) is 13.0. The summed E-state index contributed by atoms with van der Waals surface area (Å²) < 4.78 is 5.61. The lowest BCUT2D eigenvalue weighted by atomic mass is 10.3. The second kappa shape index (κ2) is 4.82. The van der Waals surface area contributed by atoms with Crippen molar-refractivity contribution in [1.29, 1.82) is 5.26 Å². The smallest absolute Gasteiger partial charge is 0.289 e. The number of furan rings is 1. The summed E-state index contributed by atoms with van der Waals surface area (Å²) in [6, 6.07) is 5.23. The molecule has 0 aromatic carbocycles. The van der Waals surface area contributed by atoms with Gasteiger partial charge >= 0.3 is 0 Å². The highest BCUT2D eigenvalue weighted by Gasteiger charge is 2.14. The fourth-order valence-electron chi connectivity index (χ4n) is 0.937. The Balaban J connectivity index is 2.62. The van der Waals surface area contributed by atoms with Crippen molar-refractivity contribution < 1.29 is 9.21 Å². The molecule has 0 N–H and O–H groups in total. The van der Waals surface area contributed by atoms with Crippen molar-refractivity contribution in [3.05, 3.63) is 22.6 Å². The van der Waals surface area contributed by atoms with E-state index in [1.54, 1.807) is 19.2 Å². The van der Waals surface area contributed by atoms with E-state index in [0.29, 0.717) is 17.6 Å². The molecule has 1 aromatic heterocycles. The van der Waals surface area contributed by atoms with Crippen LogP contribution in [0.25, 0.3) is 0 Å². The van der Waals surface area contributed by atoms with Gasteiger partial charge in [0, 0.05) is 13.6 Å². The topological polar surface area (TPSA) is 57.2 Å². The van der Waals surface area contributed by atoms with Gasteiger partial charge in [-0.3, -0.25) is 4.79 Å². The predicted octanol–water partition coefficient (Wildman–Crippen LogP) is 2.03. The number of halogens is 1. The van der Waals surface area contributed by atoms with Crippen LogP contribution in [0.1, 0.15) is 17.0 Å². The van der Waals surface area contributed by atoms with E-state index in [4.69, 9.17) is 9.68 Å². The zero-order chi connectivity index (χ0) is 10.6. The molecular weight excluding hydrogens is 248 g/mol. The summed E-state index contributed by atoms with van der Waals surface area (Å²) >= 11 is 3.11. The van der Waals surface area contributed by atoms with Crippen LogP contribution in [0.5, 0.6) is 0 Å². The summed E-state index contributed by atoms with van der Waals surface area (Å²) in [6.07, 6.45) is 0.324. The molecule has 1 aromatic rings. The van der Waals surface area contributed by atoms with Crippen LogP contribution in [0, 0.1) is 11.3 Å². The highest BCUT2D eigenvalue weighted by atomic mass is 79.9. The summed E-state index contributed by atoms with van der Waals surface area (Å²) in [5, 5.41) is 8.35. The lowest BCUT2D eigenvalue weighted by Crippen LogP contribution is -2.27. The van der Waals surface area contributed by atoms with Gasteiger partial charge in [-0.05, 0) is 28.1 Å². The van der Waals surface area contributed by atoms with Gasteiger partial charge in [-0.25, -0.2) is 0 Å². The fraction of sp³-hybridized carbons (Fsp3) is 0.333. The SMILES string of the molecule is CN(CCC#N)C(=O)c1ccc(Br)o1. The first-order chi connectivity index (χ1) is 6.65. The first-order valence-corrected chi connectivity index (χ1v) is 4.82. The molecule has 0 atom stereocenters. The lowest BCUT2D eigenvalue weighted by molar-refractivity contribution is 0.0765.